The Balaban J connectivity index is 1.62. The summed E-state index contributed by atoms with van der Waals surface area (Å²) < 4.78 is 20.0. The molecule has 0 saturated heterocycles. The summed E-state index contributed by atoms with van der Waals surface area (Å²) in [6.45, 7) is 4.27. The Bertz CT molecular complexity index is 1590. The van der Waals surface area contributed by atoms with Gasteiger partial charge in [-0.2, -0.15) is 5.26 Å². The normalized spacial score (nSPS) is 17.3. The molecule has 1 atom stereocenters. The van der Waals surface area contributed by atoms with E-state index in [0.717, 1.165) is 28.0 Å². The zero-order chi connectivity index (χ0) is 27.8. The van der Waals surface area contributed by atoms with Crippen LogP contribution in [0, 0.1) is 31.0 Å². The molecule has 5 rings (SSSR count). The van der Waals surface area contributed by atoms with Gasteiger partial charge in [0.2, 0.25) is 0 Å². The molecule has 0 bridgehead atoms. The zero-order valence-corrected chi connectivity index (χ0v) is 23.0. The lowest BCUT2D eigenvalue weighted by atomic mass is 9.74. The predicted molar refractivity (Wildman–Crippen MR) is 151 cm³/mol. The summed E-state index contributed by atoms with van der Waals surface area (Å²) >= 11 is 12.1. The van der Waals surface area contributed by atoms with Gasteiger partial charge in [-0.1, -0.05) is 35.3 Å². The van der Waals surface area contributed by atoms with E-state index in [9.17, 15) is 14.4 Å². The quantitative estimate of drug-likeness (QED) is 0.346. The lowest BCUT2D eigenvalue weighted by Crippen LogP contribution is -2.39. The summed E-state index contributed by atoms with van der Waals surface area (Å²) in [5.41, 5.74) is 12.4. The van der Waals surface area contributed by atoms with E-state index in [2.05, 4.69) is 6.07 Å². The Morgan fingerprint density at radius 3 is 2.51 bits per heavy atom. The van der Waals surface area contributed by atoms with E-state index in [1.165, 1.54) is 12.1 Å². The van der Waals surface area contributed by atoms with Crippen molar-refractivity contribution in [3.63, 3.8) is 0 Å². The highest BCUT2D eigenvalue weighted by Crippen LogP contribution is 2.47. The summed E-state index contributed by atoms with van der Waals surface area (Å²) in [5, 5.41) is 10.9. The lowest BCUT2D eigenvalue weighted by molar-refractivity contribution is -0.116. The maximum absolute atomic E-state index is 14.0. The van der Waals surface area contributed by atoms with Crippen molar-refractivity contribution in [3.8, 4) is 11.8 Å². The predicted octanol–water partition coefficient (Wildman–Crippen LogP) is 7.63. The van der Waals surface area contributed by atoms with Crippen molar-refractivity contribution in [1.82, 2.24) is 0 Å². The van der Waals surface area contributed by atoms with Gasteiger partial charge in [0, 0.05) is 28.4 Å². The Kier molecular flexibility index (Phi) is 7.40. The van der Waals surface area contributed by atoms with E-state index in [0.29, 0.717) is 47.9 Å². The van der Waals surface area contributed by atoms with Gasteiger partial charge in [0.1, 0.15) is 24.0 Å². The van der Waals surface area contributed by atoms with Crippen LogP contribution in [-0.2, 0) is 11.4 Å². The number of anilines is 1. The summed E-state index contributed by atoms with van der Waals surface area (Å²) in [4.78, 5) is 15.2. The minimum Gasteiger partial charge on any atom is -0.489 e. The third-order valence-electron chi connectivity index (χ3n) is 7.32. The van der Waals surface area contributed by atoms with Crippen LogP contribution in [0.1, 0.15) is 47.4 Å². The summed E-state index contributed by atoms with van der Waals surface area (Å²) in [6, 6.07) is 17.7. The first-order valence-corrected chi connectivity index (χ1v) is 13.3. The van der Waals surface area contributed by atoms with E-state index < -0.39 is 11.7 Å². The van der Waals surface area contributed by atoms with E-state index >= 15 is 0 Å². The summed E-state index contributed by atoms with van der Waals surface area (Å²) in [7, 11) is 0. The van der Waals surface area contributed by atoms with Crippen molar-refractivity contribution < 1.29 is 13.9 Å². The van der Waals surface area contributed by atoms with Gasteiger partial charge in [-0.3, -0.25) is 9.69 Å². The van der Waals surface area contributed by atoms with Crippen LogP contribution in [0.2, 0.25) is 10.0 Å². The van der Waals surface area contributed by atoms with Gasteiger partial charge in [-0.25, -0.2) is 4.39 Å². The van der Waals surface area contributed by atoms with Crippen molar-refractivity contribution in [2.45, 2.75) is 45.6 Å². The molecule has 0 aromatic heterocycles. The Morgan fingerprint density at radius 1 is 1.08 bits per heavy atom. The number of nitrogens with zero attached hydrogens (tertiary/aromatic N) is 2. The van der Waals surface area contributed by atoms with Crippen LogP contribution in [0.3, 0.4) is 0 Å². The molecule has 3 aromatic carbocycles. The molecule has 1 unspecified atom stereocenters. The minimum absolute atomic E-state index is 0.0290. The molecule has 8 heteroatoms. The smallest absolute Gasteiger partial charge is 0.161 e. The molecule has 0 saturated carbocycles. The topological polar surface area (TPSA) is 79.4 Å². The Morgan fingerprint density at radius 2 is 1.82 bits per heavy atom. The molecule has 5 nitrogen and oxygen atoms in total. The summed E-state index contributed by atoms with van der Waals surface area (Å²) in [5.74, 6) is -0.325. The number of nitriles is 1. The largest absolute Gasteiger partial charge is 0.489 e. The number of aryl methyl sites for hydroxylation is 2. The van der Waals surface area contributed by atoms with E-state index in [1.807, 2.05) is 26.0 Å². The maximum atomic E-state index is 14.0. The second-order valence-electron chi connectivity index (χ2n) is 9.79. The average molecular weight is 562 g/mol. The second-order valence-corrected chi connectivity index (χ2v) is 10.6. The van der Waals surface area contributed by atoms with Crippen LogP contribution in [0.25, 0.3) is 0 Å². The third-order valence-corrected chi connectivity index (χ3v) is 7.86. The van der Waals surface area contributed by atoms with Crippen molar-refractivity contribution in [2.24, 2.45) is 5.73 Å². The molecule has 3 aromatic rings. The lowest BCUT2D eigenvalue weighted by Gasteiger charge is -2.40. The number of halogens is 3. The highest BCUT2D eigenvalue weighted by molar-refractivity contribution is 6.31. The van der Waals surface area contributed by atoms with Crippen LogP contribution in [0.15, 0.2) is 77.3 Å². The number of benzene rings is 3. The number of allylic oxidation sites excluding steroid dienone is 3. The molecule has 0 spiro atoms. The highest BCUT2D eigenvalue weighted by atomic mass is 35.5. The highest BCUT2D eigenvalue weighted by Gasteiger charge is 2.41. The van der Waals surface area contributed by atoms with Crippen molar-refractivity contribution in [2.75, 3.05) is 4.90 Å². The standard InChI is InChI=1S/C31H26Cl2FN3O2/c1-17-12-18(2)23(13-19(17)16-39-22-9-6-20(32)7-10-22)29-24(15-35)31(36)37(21-8-11-26(34)25(33)14-21)27-4-3-5-28(38)30(27)29/h6-14,29H,3-5,16,36H2,1-2H3. The summed E-state index contributed by atoms with van der Waals surface area (Å²) in [6.07, 6.45) is 1.62. The van der Waals surface area contributed by atoms with Crippen LogP contribution in [-0.4, -0.2) is 5.78 Å². The van der Waals surface area contributed by atoms with E-state index in [1.54, 1.807) is 35.2 Å². The number of nitrogens with two attached hydrogens (primary N) is 1. The van der Waals surface area contributed by atoms with Gasteiger partial charge < -0.3 is 10.5 Å². The molecule has 0 fully saturated rings. The molecule has 0 amide bonds. The van der Waals surface area contributed by atoms with Gasteiger partial charge in [0.05, 0.1) is 22.6 Å². The molecular weight excluding hydrogens is 536 g/mol. The van der Waals surface area contributed by atoms with Crippen LogP contribution >= 0.6 is 23.2 Å². The van der Waals surface area contributed by atoms with Crippen molar-refractivity contribution >= 4 is 34.7 Å². The molecule has 0 radical (unpaired) electrons. The fourth-order valence-electron chi connectivity index (χ4n) is 5.39. The fraction of sp³-hybridized carbons (Fsp3) is 0.226. The van der Waals surface area contributed by atoms with Crippen molar-refractivity contribution in [3.05, 3.63) is 115 Å². The number of carbonyl (C=O) groups excluding carboxylic acids is 1. The van der Waals surface area contributed by atoms with Gasteiger partial charge >= 0.3 is 0 Å². The molecule has 1 aliphatic heterocycles. The monoisotopic (exact) mass is 561 g/mol. The molecule has 198 valence electrons. The Hall–Kier alpha value is -3.79. The van der Waals surface area contributed by atoms with Crippen LogP contribution in [0.5, 0.6) is 5.75 Å². The fourth-order valence-corrected chi connectivity index (χ4v) is 5.69. The first kappa shape index (κ1) is 26.8. The third kappa shape index (κ3) is 5.01. The number of ether oxygens (including phenoxy) is 1. The van der Waals surface area contributed by atoms with Crippen molar-refractivity contribution in [1.29, 1.82) is 5.26 Å². The second kappa shape index (κ2) is 10.8. The van der Waals surface area contributed by atoms with E-state index in [-0.39, 0.29) is 22.2 Å². The van der Waals surface area contributed by atoms with E-state index in [4.69, 9.17) is 33.7 Å². The number of ketones is 1. The molecule has 1 aliphatic carbocycles. The molecule has 1 heterocycles. The van der Waals surface area contributed by atoms with Gasteiger partial charge in [-0.05, 0) is 91.4 Å². The minimum atomic E-state index is -0.625. The molecule has 2 N–H and O–H groups in total. The van der Waals surface area contributed by atoms with Crippen LogP contribution < -0.4 is 15.4 Å². The zero-order valence-electron chi connectivity index (χ0n) is 21.5. The van der Waals surface area contributed by atoms with Gasteiger partial charge in [0.15, 0.2) is 5.78 Å². The molecular formula is C31H26Cl2FN3O2. The van der Waals surface area contributed by atoms with Gasteiger partial charge in [0.25, 0.3) is 0 Å². The SMILES string of the molecule is Cc1cc(C)c(C2C(C#N)=C(N)N(c3ccc(F)c(Cl)c3)C3=C2C(=O)CCC3)cc1COc1ccc(Cl)cc1. The number of Topliss-reactive ketones (excluding diaryl/α,β-unsaturated/α-hetero) is 1. The number of carbonyl (C=O) groups is 1. The van der Waals surface area contributed by atoms with Gasteiger partial charge in [-0.15, -0.1) is 0 Å². The number of rotatable bonds is 5. The number of hydrogen-bond acceptors (Lipinski definition) is 5. The van der Waals surface area contributed by atoms with Crippen LogP contribution in [0.4, 0.5) is 10.1 Å². The first-order chi connectivity index (χ1) is 18.7. The Labute approximate surface area is 236 Å². The molecule has 39 heavy (non-hydrogen) atoms. The number of hydrogen-bond donors (Lipinski definition) is 1. The maximum Gasteiger partial charge on any atom is 0.161 e. The first-order valence-electron chi connectivity index (χ1n) is 12.6. The molecule has 2 aliphatic rings. The average Bonchev–Trinajstić information content (AvgIpc) is 2.90.